The van der Waals surface area contributed by atoms with Crippen molar-refractivity contribution in [2.75, 3.05) is 6.54 Å². The van der Waals surface area contributed by atoms with Gasteiger partial charge in [-0.15, -0.1) is 0 Å². The SMILES string of the molecule is Cc1nn(C2CCCCN2C(N)=O)c2ccccc12. The zero-order valence-corrected chi connectivity index (χ0v) is 11.0. The van der Waals surface area contributed by atoms with E-state index in [1.807, 2.05) is 29.8 Å². The summed E-state index contributed by atoms with van der Waals surface area (Å²) in [4.78, 5) is 13.3. The van der Waals surface area contributed by atoms with E-state index in [2.05, 4.69) is 11.2 Å². The van der Waals surface area contributed by atoms with E-state index in [1.165, 1.54) is 0 Å². The van der Waals surface area contributed by atoms with Crippen molar-refractivity contribution in [3.8, 4) is 0 Å². The summed E-state index contributed by atoms with van der Waals surface area (Å²) in [6.45, 7) is 2.71. The molecule has 0 spiro atoms. The Morgan fingerprint density at radius 2 is 2.16 bits per heavy atom. The van der Waals surface area contributed by atoms with Gasteiger partial charge in [0.05, 0.1) is 11.2 Å². The fraction of sp³-hybridized carbons (Fsp3) is 0.429. The van der Waals surface area contributed by atoms with E-state index in [-0.39, 0.29) is 12.2 Å². The number of carbonyl (C=O) groups excluding carboxylic acids is 1. The molecule has 100 valence electrons. The number of fused-ring (bicyclic) bond motifs is 1. The van der Waals surface area contributed by atoms with E-state index < -0.39 is 0 Å². The summed E-state index contributed by atoms with van der Waals surface area (Å²) in [5, 5.41) is 5.75. The Bertz CT molecular complexity index is 619. The second-order valence-corrected chi connectivity index (χ2v) is 5.06. The van der Waals surface area contributed by atoms with Crippen molar-refractivity contribution in [2.24, 2.45) is 5.73 Å². The van der Waals surface area contributed by atoms with Crippen molar-refractivity contribution >= 4 is 16.9 Å². The molecule has 1 saturated heterocycles. The van der Waals surface area contributed by atoms with Crippen molar-refractivity contribution in [3.63, 3.8) is 0 Å². The summed E-state index contributed by atoms with van der Waals surface area (Å²) in [6, 6.07) is 7.75. The summed E-state index contributed by atoms with van der Waals surface area (Å²) >= 11 is 0. The second-order valence-electron chi connectivity index (χ2n) is 5.06. The number of para-hydroxylation sites is 1. The molecule has 1 unspecified atom stereocenters. The number of aryl methyl sites for hydroxylation is 1. The van der Waals surface area contributed by atoms with E-state index in [4.69, 9.17) is 5.73 Å². The number of primary amides is 1. The quantitative estimate of drug-likeness (QED) is 0.853. The minimum atomic E-state index is -0.359. The maximum atomic E-state index is 11.6. The van der Waals surface area contributed by atoms with Gasteiger partial charge in [0.15, 0.2) is 0 Å². The van der Waals surface area contributed by atoms with E-state index in [1.54, 1.807) is 4.90 Å². The molecule has 0 saturated carbocycles. The lowest BCUT2D eigenvalue weighted by molar-refractivity contribution is 0.117. The molecule has 0 aliphatic carbocycles. The van der Waals surface area contributed by atoms with Crippen molar-refractivity contribution < 1.29 is 4.79 Å². The molecule has 5 nitrogen and oxygen atoms in total. The highest BCUT2D eigenvalue weighted by Crippen LogP contribution is 2.29. The lowest BCUT2D eigenvalue weighted by atomic mass is 10.1. The van der Waals surface area contributed by atoms with Crippen molar-refractivity contribution in [1.82, 2.24) is 14.7 Å². The summed E-state index contributed by atoms with van der Waals surface area (Å²) in [5.41, 5.74) is 7.55. The van der Waals surface area contributed by atoms with Gasteiger partial charge >= 0.3 is 6.03 Å². The van der Waals surface area contributed by atoms with Gasteiger partial charge in [0.1, 0.15) is 6.17 Å². The molecule has 3 rings (SSSR count). The smallest absolute Gasteiger partial charge is 0.316 e. The zero-order chi connectivity index (χ0) is 13.4. The molecule has 1 aliphatic rings. The highest BCUT2D eigenvalue weighted by Gasteiger charge is 2.28. The highest BCUT2D eigenvalue weighted by atomic mass is 16.2. The average Bonchev–Trinajstić information content (AvgIpc) is 2.77. The minimum Gasteiger partial charge on any atom is -0.351 e. The molecule has 2 aromatic rings. The lowest BCUT2D eigenvalue weighted by Gasteiger charge is -2.34. The topological polar surface area (TPSA) is 64.2 Å². The monoisotopic (exact) mass is 258 g/mol. The van der Waals surface area contributed by atoms with E-state index in [9.17, 15) is 4.79 Å². The molecule has 1 fully saturated rings. The largest absolute Gasteiger partial charge is 0.351 e. The maximum absolute atomic E-state index is 11.6. The standard InChI is InChI=1S/C14H18N4O/c1-10-11-6-2-3-7-12(11)18(16-10)13-8-4-5-9-17(13)14(15)19/h2-3,6-7,13H,4-5,8-9H2,1H3,(H2,15,19). The van der Waals surface area contributed by atoms with Gasteiger partial charge in [0.25, 0.3) is 0 Å². The van der Waals surface area contributed by atoms with Crippen molar-refractivity contribution in [1.29, 1.82) is 0 Å². The molecule has 1 aromatic carbocycles. The molecule has 1 aliphatic heterocycles. The highest BCUT2D eigenvalue weighted by molar-refractivity contribution is 5.82. The molecule has 2 heterocycles. The van der Waals surface area contributed by atoms with E-state index in [0.29, 0.717) is 6.54 Å². The third-order valence-electron chi connectivity index (χ3n) is 3.83. The van der Waals surface area contributed by atoms with Crippen LogP contribution in [0.5, 0.6) is 0 Å². The first-order chi connectivity index (χ1) is 9.18. The molecule has 2 amide bonds. The first kappa shape index (κ1) is 12.0. The van der Waals surface area contributed by atoms with Crippen LogP contribution in [0, 0.1) is 6.92 Å². The summed E-state index contributed by atoms with van der Waals surface area (Å²) < 4.78 is 1.95. The molecule has 2 N–H and O–H groups in total. The number of benzene rings is 1. The van der Waals surface area contributed by atoms with Gasteiger partial charge in [-0.3, -0.25) is 0 Å². The number of piperidine rings is 1. The maximum Gasteiger partial charge on any atom is 0.316 e. The van der Waals surface area contributed by atoms with Gasteiger partial charge in [-0.1, -0.05) is 18.2 Å². The second kappa shape index (κ2) is 4.57. The van der Waals surface area contributed by atoms with Crippen LogP contribution in [0.3, 0.4) is 0 Å². The van der Waals surface area contributed by atoms with E-state index in [0.717, 1.165) is 35.9 Å². The van der Waals surface area contributed by atoms with E-state index >= 15 is 0 Å². The Balaban J connectivity index is 2.09. The Hall–Kier alpha value is -2.04. The summed E-state index contributed by atoms with van der Waals surface area (Å²) in [7, 11) is 0. The number of aromatic nitrogens is 2. The number of nitrogens with two attached hydrogens (primary N) is 1. The van der Waals surface area contributed by atoms with Crippen LogP contribution in [0.2, 0.25) is 0 Å². The van der Waals surface area contributed by atoms with Crippen LogP contribution in [-0.2, 0) is 0 Å². The molecule has 0 radical (unpaired) electrons. The zero-order valence-electron chi connectivity index (χ0n) is 11.0. The molecule has 5 heteroatoms. The first-order valence-electron chi connectivity index (χ1n) is 6.68. The van der Waals surface area contributed by atoms with Crippen LogP contribution in [0.4, 0.5) is 4.79 Å². The van der Waals surface area contributed by atoms with Gasteiger partial charge in [-0.2, -0.15) is 5.10 Å². The Kier molecular flexibility index (Phi) is 2.89. The fourth-order valence-electron chi connectivity index (χ4n) is 2.90. The molecule has 1 atom stereocenters. The number of nitrogens with zero attached hydrogens (tertiary/aromatic N) is 3. The molecule has 0 bridgehead atoms. The van der Waals surface area contributed by atoms with Crippen LogP contribution in [-0.4, -0.2) is 27.3 Å². The van der Waals surface area contributed by atoms with Crippen LogP contribution in [0.15, 0.2) is 24.3 Å². The van der Waals surface area contributed by atoms with Crippen LogP contribution < -0.4 is 5.73 Å². The number of carbonyl (C=O) groups is 1. The Morgan fingerprint density at radius 1 is 1.37 bits per heavy atom. The number of hydrogen-bond donors (Lipinski definition) is 1. The summed E-state index contributed by atoms with van der Waals surface area (Å²) in [5.74, 6) is 0. The van der Waals surface area contributed by atoms with Crippen LogP contribution >= 0.6 is 0 Å². The Morgan fingerprint density at radius 3 is 2.95 bits per heavy atom. The third-order valence-corrected chi connectivity index (χ3v) is 3.83. The van der Waals surface area contributed by atoms with Gasteiger partial charge in [0.2, 0.25) is 0 Å². The number of likely N-dealkylation sites (tertiary alicyclic amines) is 1. The van der Waals surface area contributed by atoms with Gasteiger partial charge in [-0.05, 0) is 32.3 Å². The van der Waals surface area contributed by atoms with Gasteiger partial charge in [-0.25, -0.2) is 9.48 Å². The normalized spacial score (nSPS) is 19.8. The van der Waals surface area contributed by atoms with Gasteiger partial charge < -0.3 is 10.6 Å². The number of amides is 2. The third kappa shape index (κ3) is 1.95. The van der Waals surface area contributed by atoms with Crippen molar-refractivity contribution in [3.05, 3.63) is 30.0 Å². The number of hydrogen-bond acceptors (Lipinski definition) is 2. The van der Waals surface area contributed by atoms with Crippen molar-refractivity contribution in [2.45, 2.75) is 32.4 Å². The summed E-state index contributed by atoms with van der Waals surface area (Å²) in [6.07, 6.45) is 2.97. The predicted octanol–water partition coefficient (Wildman–Crippen LogP) is 2.41. The fourth-order valence-corrected chi connectivity index (χ4v) is 2.90. The average molecular weight is 258 g/mol. The predicted molar refractivity (Wildman–Crippen MR) is 73.6 cm³/mol. The van der Waals surface area contributed by atoms with Crippen LogP contribution in [0.25, 0.3) is 10.9 Å². The molecular weight excluding hydrogens is 240 g/mol. The van der Waals surface area contributed by atoms with Crippen LogP contribution in [0.1, 0.15) is 31.1 Å². The number of urea groups is 1. The molecule has 19 heavy (non-hydrogen) atoms. The minimum absolute atomic E-state index is 0.0511. The lowest BCUT2D eigenvalue weighted by Crippen LogP contribution is -2.44. The molecular formula is C14H18N4O. The molecule has 1 aromatic heterocycles. The first-order valence-corrected chi connectivity index (χ1v) is 6.68. The van der Waals surface area contributed by atoms with Gasteiger partial charge in [0, 0.05) is 11.9 Å². The number of rotatable bonds is 1. The Labute approximate surface area is 112 Å².